The molecule has 2 aromatic rings. The molecular weight excluding hydrogens is 317 g/mol. The Labute approximate surface area is 149 Å². The van der Waals surface area contributed by atoms with Gasteiger partial charge in [0.05, 0.1) is 19.4 Å². The number of hydrogen-bond acceptors (Lipinski definition) is 5. The van der Waals surface area contributed by atoms with Crippen molar-refractivity contribution in [2.75, 3.05) is 20.3 Å². The van der Waals surface area contributed by atoms with E-state index in [2.05, 4.69) is 6.92 Å². The van der Waals surface area contributed by atoms with Crippen molar-refractivity contribution in [1.29, 1.82) is 0 Å². The molecule has 1 saturated heterocycles. The molecule has 2 unspecified atom stereocenters. The van der Waals surface area contributed by atoms with Crippen LogP contribution in [0.15, 0.2) is 36.4 Å². The van der Waals surface area contributed by atoms with Crippen molar-refractivity contribution in [2.45, 2.75) is 32.0 Å². The van der Waals surface area contributed by atoms with E-state index in [0.29, 0.717) is 19.0 Å². The quantitative estimate of drug-likeness (QED) is 0.815. The Morgan fingerprint density at radius 3 is 2.80 bits per heavy atom. The smallest absolute Gasteiger partial charge is 0.457 e. The number of methoxy groups -OCH3 is 1. The molecule has 2 heterocycles. The van der Waals surface area contributed by atoms with Crippen molar-refractivity contribution in [2.24, 2.45) is 0 Å². The maximum Gasteiger partial charge on any atom is 0.457 e. The first-order valence-corrected chi connectivity index (χ1v) is 8.72. The molecule has 0 aliphatic carbocycles. The van der Waals surface area contributed by atoms with Crippen LogP contribution in [0.3, 0.4) is 0 Å². The lowest BCUT2D eigenvalue weighted by molar-refractivity contribution is 0.291. The number of nitrogens with zero attached hydrogens (tertiary/aromatic N) is 1. The molecule has 1 N–H and O–H groups in total. The molecule has 0 bridgehead atoms. The molecule has 25 heavy (non-hydrogen) atoms. The third-order valence-electron chi connectivity index (χ3n) is 4.60. The summed E-state index contributed by atoms with van der Waals surface area (Å²) in [7, 11) is 0.921. The lowest BCUT2D eigenvalue weighted by Gasteiger charge is -2.15. The molecule has 1 aromatic carbocycles. The van der Waals surface area contributed by atoms with E-state index in [1.165, 1.54) is 0 Å². The maximum absolute atomic E-state index is 9.81. The van der Waals surface area contributed by atoms with E-state index in [0.717, 1.165) is 29.1 Å². The van der Waals surface area contributed by atoms with Gasteiger partial charge < -0.3 is 19.2 Å². The monoisotopic (exact) mass is 341 g/mol. The molecule has 0 radical (unpaired) electrons. The SMILES string of the molecule is CCCOc1cc(-c2cccc(C3COB(O)C3C)n2)ccc1OC. The first-order chi connectivity index (χ1) is 12.1. The number of hydrogen-bond donors (Lipinski definition) is 1. The molecule has 1 aliphatic rings. The van der Waals surface area contributed by atoms with Crippen LogP contribution in [-0.2, 0) is 4.65 Å². The normalized spacial score (nSPS) is 19.9. The van der Waals surface area contributed by atoms with Crippen LogP contribution in [0, 0.1) is 0 Å². The lowest BCUT2D eigenvalue weighted by atomic mass is 9.69. The number of pyridine rings is 1. The maximum atomic E-state index is 9.81. The Bertz CT molecular complexity index is 724. The highest BCUT2D eigenvalue weighted by molar-refractivity contribution is 6.45. The van der Waals surface area contributed by atoms with Crippen molar-refractivity contribution in [1.82, 2.24) is 4.98 Å². The van der Waals surface area contributed by atoms with Gasteiger partial charge in [0.25, 0.3) is 0 Å². The van der Waals surface area contributed by atoms with Crippen molar-refractivity contribution < 1.29 is 19.2 Å². The van der Waals surface area contributed by atoms with Gasteiger partial charge in [-0.3, -0.25) is 4.98 Å². The van der Waals surface area contributed by atoms with Gasteiger partial charge >= 0.3 is 7.12 Å². The molecule has 5 nitrogen and oxygen atoms in total. The van der Waals surface area contributed by atoms with Gasteiger partial charge in [0, 0.05) is 29.6 Å². The zero-order chi connectivity index (χ0) is 17.8. The summed E-state index contributed by atoms with van der Waals surface area (Å²) in [6.45, 7) is 5.19. The van der Waals surface area contributed by atoms with E-state index in [9.17, 15) is 5.02 Å². The molecular formula is C19H24BNO4. The van der Waals surface area contributed by atoms with Crippen LogP contribution >= 0.6 is 0 Å². The van der Waals surface area contributed by atoms with E-state index in [-0.39, 0.29) is 11.7 Å². The van der Waals surface area contributed by atoms with Gasteiger partial charge in [-0.05, 0) is 36.8 Å². The Morgan fingerprint density at radius 1 is 1.28 bits per heavy atom. The third kappa shape index (κ3) is 3.80. The number of aromatic nitrogens is 1. The van der Waals surface area contributed by atoms with Crippen LogP contribution in [0.5, 0.6) is 11.5 Å². The average molecular weight is 341 g/mol. The predicted molar refractivity (Wildman–Crippen MR) is 98.1 cm³/mol. The van der Waals surface area contributed by atoms with Gasteiger partial charge in [0.15, 0.2) is 11.5 Å². The van der Waals surface area contributed by atoms with Crippen molar-refractivity contribution in [3.63, 3.8) is 0 Å². The standard InChI is InChI=1S/C19H24BNO4/c1-4-10-24-19-11-14(8-9-18(19)23-3)16-6-5-7-17(21-16)15-12-25-20(22)13(15)2/h5-9,11,13,15,22H,4,10,12H2,1-3H3. The molecule has 1 aromatic heterocycles. The highest BCUT2D eigenvalue weighted by Crippen LogP contribution is 2.37. The summed E-state index contributed by atoms with van der Waals surface area (Å²) in [5.74, 6) is 1.57. The van der Waals surface area contributed by atoms with E-state index < -0.39 is 7.12 Å². The molecule has 0 saturated carbocycles. The zero-order valence-electron chi connectivity index (χ0n) is 14.9. The fraction of sp³-hybridized carbons (Fsp3) is 0.421. The van der Waals surface area contributed by atoms with Gasteiger partial charge in [-0.15, -0.1) is 0 Å². The molecule has 0 spiro atoms. The molecule has 132 valence electrons. The predicted octanol–water partition coefficient (Wildman–Crippen LogP) is 3.53. The fourth-order valence-corrected chi connectivity index (χ4v) is 3.04. The van der Waals surface area contributed by atoms with E-state index in [4.69, 9.17) is 19.1 Å². The van der Waals surface area contributed by atoms with E-state index in [1.54, 1.807) is 7.11 Å². The van der Waals surface area contributed by atoms with Crippen LogP contribution in [0.25, 0.3) is 11.3 Å². The molecule has 6 heteroatoms. The topological polar surface area (TPSA) is 60.8 Å². The third-order valence-corrected chi connectivity index (χ3v) is 4.60. The number of ether oxygens (including phenoxy) is 2. The summed E-state index contributed by atoms with van der Waals surface area (Å²) in [5, 5.41) is 9.81. The molecule has 3 rings (SSSR count). The summed E-state index contributed by atoms with van der Waals surface area (Å²) >= 11 is 0. The second-order valence-electron chi connectivity index (χ2n) is 6.35. The minimum Gasteiger partial charge on any atom is -0.493 e. The lowest BCUT2D eigenvalue weighted by Crippen LogP contribution is -2.16. The van der Waals surface area contributed by atoms with Crippen LogP contribution in [0.4, 0.5) is 0 Å². The molecule has 0 amide bonds. The molecule has 1 fully saturated rings. The van der Waals surface area contributed by atoms with Gasteiger partial charge in [-0.2, -0.15) is 0 Å². The summed E-state index contributed by atoms with van der Waals surface area (Å²) < 4.78 is 16.5. The molecule has 1 aliphatic heterocycles. The summed E-state index contributed by atoms with van der Waals surface area (Å²) in [6.07, 6.45) is 0.934. The van der Waals surface area contributed by atoms with Crippen LogP contribution in [-0.4, -0.2) is 37.4 Å². The Hall–Kier alpha value is -2.05. The first kappa shape index (κ1) is 17.8. The van der Waals surface area contributed by atoms with Crippen LogP contribution in [0.1, 0.15) is 31.9 Å². The molecule has 2 atom stereocenters. The van der Waals surface area contributed by atoms with Crippen molar-refractivity contribution >= 4 is 7.12 Å². The minimum atomic E-state index is -0.717. The highest BCUT2D eigenvalue weighted by Gasteiger charge is 2.39. The number of rotatable bonds is 6. The van der Waals surface area contributed by atoms with Crippen molar-refractivity contribution in [3.05, 3.63) is 42.1 Å². The average Bonchev–Trinajstić information content (AvgIpc) is 2.98. The minimum absolute atomic E-state index is 0.0297. The van der Waals surface area contributed by atoms with Crippen molar-refractivity contribution in [3.8, 4) is 22.8 Å². The second-order valence-corrected chi connectivity index (χ2v) is 6.35. The largest absolute Gasteiger partial charge is 0.493 e. The first-order valence-electron chi connectivity index (χ1n) is 8.72. The fourth-order valence-electron chi connectivity index (χ4n) is 3.04. The second kappa shape index (κ2) is 7.89. The number of benzene rings is 1. The van der Waals surface area contributed by atoms with Gasteiger partial charge in [0.1, 0.15) is 0 Å². The Morgan fingerprint density at radius 2 is 2.12 bits per heavy atom. The Balaban J connectivity index is 1.90. The summed E-state index contributed by atoms with van der Waals surface area (Å²) in [6, 6.07) is 11.8. The van der Waals surface area contributed by atoms with E-state index >= 15 is 0 Å². The highest BCUT2D eigenvalue weighted by atomic mass is 16.5. The van der Waals surface area contributed by atoms with Crippen LogP contribution < -0.4 is 9.47 Å². The van der Waals surface area contributed by atoms with Crippen LogP contribution in [0.2, 0.25) is 5.82 Å². The van der Waals surface area contributed by atoms with E-state index in [1.807, 2.05) is 43.3 Å². The summed E-state index contributed by atoms with van der Waals surface area (Å²) in [5.41, 5.74) is 2.78. The summed E-state index contributed by atoms with van der Waals surface area (Å²) in [4.78, 5) is 4.80. The Kier molecular flexibility index (Phi) is 5.61. The van der Waals surface area contributed by atoms with Gasteiger partial charge in [-0.1, -0.05) is 19.9 Å². The van der Waals surface area contributed by atoms with Gasteiger partial charge in [0.2, 0.25) is 0 Å². The van der Waals surface area contributed by atoms with Gasteiger partial charge in [-0.25, -0.2) is 0 Å². The zero-order valence-corrected chi connectivity index (χ0v) is 14.9.